The molecule has 0 unspecified atom stereocenters. The fourth-order valence-electron chi connectivity index (χ4n) is 2.66. The van der Waals surface area contributed by atoms with Crippen molar-refractivity contribution < 1.29 is 4.79 Å². The van der Waals surface area contributed by atoms with Crippen LogP contribution in [0.15, 0.2) is 24.5 Å². The van der Waals surface area contributed by atoms with E-state index in [0.29, 0.717) is 17.5 Å². The quantitative estimate of drug-likeness (QED) is 0.799. The number of thiocarbonyl (C=S) groups is 1. The van der Waals surface area contributed by atoms with E-state index < -0.39 is 5.41 Å². The fourth-order valence-corrected chi connectivity index (χ4v) is 2.92. The number of carbonyl (C=O) groups is 1. The Morgan fingerprint density at radius 1 is 1.63 bits per heavy atom. The molecule has 0 spiro atoms. The minimum absolute atomic E-state index is 0.0259. The maximum atomic E-state index is 12.2. The summed E-state index contributed by atoms with van der Waals surface area (Å²) in [5.41, 5.74) is 6.24. The van der Waals surface area contributed by atoms with Gasteiger partial charge >= 0.3 is 0 Å². The second kappa shape index (κ2) is 5.65. The number of amides is 1. The molecule has 2 rings (SSSR count). The van der Waals surface area contributed by atoms with E-state index in [-0.39, 0.29) is 5.91 Å². The molecule has 102 valence electrons. The van der Waals surface area contributed by atoms with E-state index >= 15 is 0 Å². The van der Waals surface area contributed by atoms with Gasteiger partial charge in [0.05, 0.1) is 10.4 Å². The Morgan fingerprint density at radius 2 is 2.37 bits per heavy atom. The van der Waals surface area contributed by atoms with Crippen molar-refractivity contribution in [2.45, 2.75) is 26.2 Å². The summed E-state index contributed by atoms with van der Waals surface area (Å²) in [6, 6.07) is 3.88. The maximum Gasteiger partial charge on any atom is 0.233 e. The molecule has 1 aromatic heterocycles. The summed E-state index contributed by atoms with van der Waals surface area (Å²) >= 11 is 5.06. The van der Waals surface area contributed by atoms with Crippen LogP contribution in [0.4, 0.5) is 0 Å². The minimum atomic E-state index is -0.607. The van der Waals surface area contributed by atoms with Crippen molar-refractivity contribution in [2.75, 3.05) is 6.54 Å². The van der Waals surface area contributed by atoms with Crippen LogP contribution in [0.1, 0.15) is 25.3 Å². The third kappa shape index (κ3) is 2.92. The van der Waals surface area contributed by atoms with E-state index in [1.54, 1.807) is 12.4 Å². The third-order valence-corrected chi connectivity index (χ3v) is 4.11. The highest BCUT2D eigenvalue weighted by Gasteiger charge is 2.50. The van der Waals surface area contributed by atoms with Gasteiger partial charge in [-0.1, -0.05) is 25.2 Å². The molecule has 1 fully saturated rings. The molecule has 1 aromatic rings. The molecule has 0 aliphatic heterocycles. The normalized spacial score (nSPS) is 25.4. The number of aromatic nitrogens is 1. The first kappa shape index (κ1) is 13.9. The van der Waals surface area contributed by atoms with E-state index in [9.17, 15) is 4.79 Å². The van der Waals surface area contributed by atoms with Crippen LogP contribution >= 0.6 is 12.2 Å². The molecular formula is C14H19N3OS. The van der Waals surface area contributed by atoms with Crippen LogP contribution < -0.4 is 11.1 Å². The van der Waals surface area contributed by atoms with E-state index in [0.717, 1.165) is 24.8 Å². The van der Waals surface area contributed by atoms with Gasteiger partial charge in [0.15, 0.2) is 0 Å². The SMILES string of the molecule is CC1CC(C(=O)NCCc2cccnc2)(C(N)=S)C1. The van der Waals surface area contributed by atoms with E-state index in [1.807, 2.05) is 12.1 Å². The summed E-state index contributed by atoms with van der Waals surface area (Å²) in [7, 11) is 0. The number of hydrogen-bond donors (Lipinski definition) is 2. The lowest BCUT2D eigenvalue weighted by atomic mass is 9.62. The summed E-state index contributed by atoms with van der Waals surface area (Å²) in [6.45, 7) is 2.70. The first-order valence-corrected chi connectivity index (χ1v) is 6.92. The molecule has 1 amide bonds. The lowest BCUT2D eigenvalue weighted by Gasteiger charge is -2.44. The Kier molecular flexibility index (Phi) is 4.14. The van der Waals surface area contributed by atoms with Crippen molar-refractivity contribution in [3.63, 3.8) is 0 Å². The van der Waals surface area contributed by atoms with Gasteiger partial charge in [0.2, 0.25) is 5.91 Å². The van der Waals surface area contributed by atoms with Crippen LogP contribution in [0.25, 0.3) is 0 Å². The Labute approximate surface area is 118 Å². The average molecular weight is 277 g/mol. The second-order valence-electron chi connectivity index (χ2n) is 5.33. The molecule has 1 saturated carbocycles. The minimum Gasteiger partial charge on any atom is -0.392 e. The average Bonchev–Trinajstić information content (AvgIpc) is 2.35. The monoisotopic (exact) mass is 277 g/mol. The molecule has 19 heavy (non-hydrogen) atoms. The van der Waals surface area contributed by atoms with Gasteiger partial charge in [-0.3, -0.25) is 9.78 Å². The molecule has 1 heterocycles. The van der Waals surface area contributed by atoms with Gasteiger partial charge in [0, 0.05) is 18.9 Å². The number of hydrogen-bond acceptors (Lipinski definition) is 3. The van der Waals surface area contributed by atoms with E-state index in [4.69, 9.17) is 18.0 Å². The Hall–Kier alpha value is -1.49. The zero-order valence-corrected chi connectivity index (χ0v) is 11.9. The zero-order chi connectivity index (χ0) is 13.9. The van der Waals surface area contributed by atoms with Crippen LogP contribution in [-0.4, -0.2) is 22.4 Å². The van der Waals surface area contributed by atoms with Gasteiger partial charge in [0.25, 0.3) is 0 Å². The van der Waals surface area contributed by atoms with Crippen molar-refractivity contribution in [2.24, 2.45) is 17.1 Å². The summed E-state index contributed by atoms with van der Waals surface area (Å²) in [4.78, 5) is 16.6. The third-order valence-electron chi connectivity index (χ3n) is 3.72. The molecule has 1 aliphatic carbocycles. The topological polar surface area (TPSA) is 68.0 Å². The molecule has 0 bridgehead atoms. The highest BCUT2D eigenvalue weighted by atomic mass is 32.1. The standard InChI is InChI=1S/C14H19N3OS/c1-10-7-14(8-10,12(15)19)13(18)17-6-4-11-3-2-5-16-9-11/h2-3,5,9-10H,4,6-8H2,1H3,(H2,15,19)(H,17,18). The van der Waals surface area contributed by atoms with Crippen molar-refractivity contribution in [1.82, 2.24) is 10.3 Å². The molecule has 4 nitrogen and oxygen atoms in total. The van der Waals surface area contributed by atoms with Crippen molar-refractivity contribution in [3.05, 3.63) is 30.1 Å². The molecule has 0 saturated heterocycles. The van der Waals surface area contributed by atoms with Crippen LogP contribution in [0.5, 0.6) is 0 Å². The van der Waals surface area contributed by atoms with Gasteiger partial charge in [-0.25, -0.2) is 0 Å². The largest absolute Gasteiger partial charge is 0.392 e. The van der Waals surface area contributed by atoms with Crippen LogP contribution in [0.3, 0.4) is 0 Å². The van der Waals surface area contributed by atoms with E-state index in [2.05, 4.69) is 17.2 Å². The van der Waals surface area contributed by atoms with Gasteiger partial charge in [-0.15, -0.1) is 0 Å². The van der Waals surface area contributed by atoms with Gasteiger partial charge in [-0.2, -0.15) is 0 Å². The van der Waals surface area contributed by atoms with Crippen LogP contribution in [0, 0.1) is 11.3 Å². The Bertz CT molecular complexity index is 469. The number of pyridine rings is 1. The lowest BCUT2D eigenvalue weighted by Crippen LogP contribution is -2.56. The van der Waals surface area contributed by atoms with Gasteiger partial charge in [-0.05, 0) is 36.8 Å². The summed E-state index contributed by atoms with van der Waals surface area (Å²) in [5, 5.41) is 2.94. The number of nitrogens with two attached hydrogens (primary N) is 1. The second-order valence-corrected chi connectivity index (χ2v) is 5.77. The Balaban J connectivity index is 1.86. The molecule has 0 aromatic carbocycles. The number of nitrogens with one attached hydrogen (secondary N) is 1. The molecule has 1 aliphatic rings. The fraction of sp³-hybridized carbons (Fsp3) is 0.500. The lowest BCUT2D eigenvalue weighted by molar-refractivity contribution is -0.132. The molecule has 0 radical (unpaired) electrons. The summed E-state index contributed by atoms with van der Waals surface area (Å²) < 4.78 is 0. The van der Waals surface area contributed by atoms with Crippen molar-refractivity contribution in [1.29, 1.82) is 0 Å². The number of carbonyl (C=O) groups excluding carboxylic acids is 1. The predicted octanol–water partition coefficient (Wildman–Crippen LogP) is 1.44. The maximum absolute atomic E-state index is 12.2. The van der Waals surface area contributed by atoms with Crippen LogP contribution in [0.2, 0.25) is 0 Å². The number of nitrogens with zero attached hydrogens (tertiary/aromatic N) is 1. The molecule has 5 heteroatoms. The molecular weight excluding hydrogens is 258 g/mol. The summed E-state index contributed by atoms with van der Waals surface area (Å²) in [5.74, 6) is 0.493. The predicted molar refractivity (Wildman–Crippen MR) is 78.6 cm³/mol. The first-order valence-electron chi connectivity index (χ1n) is 6.52. The summed E-state index contributed by atoms with van der Waals surface area (Å²) in [6.07, 6.45) is 5.84. The highest BCUT2D eigenvalue weighted by Crippen LogP contribution is 2.45. The first-order chi connectivity index (χ1) is 9.04. The van der Waals surface area contributed by atoms with Gasteiger partial charge < -0.3 is 11.1 Å². The zero-order valence-electron chi connectivity index (χ0n) is 11.1. The molecule has 0 atom stereocenters. The smallest absolute Gasteiger partial charge is 0.233 e. The highest BCUT2D eigenvalue weighted by molar-refractivity contribution is 7.80. The van der Waals surface area contributed by atoms with Crippen LogP contribution in [-0.2, 0) is 11.2 Å². The van der Waals surface area contributed by atoms with Gasteiger partial charge in [0.1, 0.15) is 0 Å². The van der Waals surface area contributed by atoms with Crippen molar-refractivity contribution in [3.8, 4) is 0 Å². The number of rotatable bonds is 5. The van der Waals surface area contributed by atoms with Crippen molar-refractivity contribution >= 4 is 23.1 Å². The Morgan fingerprint density at radius 3 is 2.89 bits per heavy atom. The molecule has 3 N–H and O–H groups in total. The van der Waals surface area contributed by atoms with E-state index in [1.165, 1.54) is 0 Å².